The molecule has 0 N–H and O–H groups in total. The van der Waals surface area contributed by atoms with Crippen molar-refractivity contribution in [3.63, 3.8) is 0 Å². The summed E-state index contributed by atoms with van der Waals surface area (Å²) in [5.74, 6) is 1.90. The Kier molecular flexibility index (Phi) is 3.21. The number of anilines is 2. The molecule has 4 aliphatic rings. The molecule has 0 aliphatic carbocycles. The van der Waals surface area contributed by atoms with Crippen LogP contribution >= 0.6 is 0 Å². The first-order valence-electron chi connectivity index (χ1n) is 9.86. The molecule has 1 unspecified atom stereocenters. The van der Waals surface area contributed by atoms with Gasteiger partial charge in [0, 0.05) is 44.1 Å². The average molecular weight is 364 g/mol. The van der Waals surface area contributed by atoms with Crippen molar-refractivity contribution in [3.05, 3.63) is 47.5 Å². The van der Waals surface area contributed by atoms with Crippen molar-refractivity contribution >= 4 is 11.4 Å². The molecule has 5 heteroatoms. The molecular weight excluding hydrogens is 340 g/mol. The molecule has 2 atom stereocenters. The summed E-state index contributed by atoms with van der Waals surface area (Å²) in [6.45, 7) is 4.10. The summed E-state index contributed by atoms with van der Waals surface area (Å²) in [6.07, 6.45) is 2.68. The number of hydrogen-bond donors (Lipinski definition) is 0. The molecule has 0 amide bonds. The van der Waals surface area contributed by atoms with Gasteiger partial charge in [0.25, 0.3) is 0 Å². The highest BCUT2D eigenvalue weighted by molar-refractivity contribution is 5.74. The summed E-state index contributed by atoms with van der Waals surface area (Å²) in [7, 11) is 2.08. The van der Waals surface area contributed by atoms with Crippen molar-refractivity contribution in [1.82, 2.24) is 0 Å². The van der Waals surface area contributed by atoms with E-state index in [9.17, 15) is 0 Å². The molecule has 4 aliphatic heterocycles. The number of rotatable bonds is 2. The minimum atomic E-state index is -0.108. The van der Waals surface area contributed by atoms with E-state index in [0.29, 0.717) is 19.4 Å². The van der Waals surface area contributed by atoms with Gasteiger partial charge in [-0.05, 0) is 30.5 Å². The summed E-state index contributed by atoms with van der Waals surface area (Å²) in [4.78, 5) is 4.67. The normalized spacial score (nSPS) is 27.5. The zero-order chi connectivity index (χ0) is 18.0. The van der Waals surface area contributed by atoms with E-state index in [1.165, 1.54) is 23.2 Å². The lowest BCUT2D eigenvalue weighted by Gasteiger charge is -2.27. The Hall–Kier alpha value is -2.40. The number of benzene rings is 2. The van der Waals surface area contributed by atoms with Crippen molar-refractivity contribution in [3.8, 4) is 11.5 Å². The Morgan fingerprint density at radius 3 is 2.89 bits per heavy atom. The van der Waals surface area contributed by atoms with Crippen molar-refractivity contribution in [2.75, 3.05) is 49.9 Å². The summed E-state index contributed by atoms with van der Waals surface area (Å²) in [5, 5.41) is 0. The summed E-state index contributed by atoms with van der Waals surface area (Å²) >= 11 is 0. The maximum absolute atomic E-state index is 6.22. The standard InChI is InChI=1S/C22H24N2O3/c1-23-14-27-21-10-20-17(9-19(21)23)22(13-26-20)12-24(11-15-5-4-8-25-15)18-7-3-2-6-16(18)22/h2-3,6-7,9-10,15H,4-5,8,11-14H2,1H3/t15-,22?/m1/s1. The van der Waals surface area contributed by atoms with Crippen LogP contribution in [-0.4, -0.2) is 46.2 Å². The molecule has 1 fully saturated rings. The molecular formula is C22H24N2O3. The van der Waals surface area contributed by atoms with Crippen molar-refractivity contribution in [2.24, 2.45) is 0 Å². The number of ether oxygens (including phenoxy) is 3. The third-order valence-electron chi connectivity index (χ3n) is 6.54. The Bertz CT molecular complexity index is 908. The third kappa shape index (κ3) is 2.15. The minimum absolute atomic E-state index is 0.108. The molecule has 0 saturated carbocycles. The third-order valence-corrected chi connectivity index (χ3v) is 6.54. The molecule has 27 heavy (non-hydrogen) atoms. The van der Waals surface area contributed by atoms with E-state index in [0.717, 1.165) is 43.3 Å². The summed E-state index contributed by atoms with van der Waals surface area (Å²) < 4.78 is 17.9. The van der Waals surface area contributed by atoms with Gasteiger partial charge in [0.15, 0.2) is 6.73 Å². The van der Waals surface area contributed by atoms with E-state index in [2.05, 4.69) is 53.2 Å². The monoisotopic (exact) mass is 364 g/mol. The first-order chi connectivity index (χ1) is 13.2. The van der Waals surface area contributed by atoms with Crippen LogP contribution in [0.25, 0.3) is 0 Å². The van der Waals surface area contributed by atoms with Crippen molar-refractivity contribution < 1.29 is 14.2 Å². The number of hydrogen-bond acceptors (Lipinski definition) is 5. The molecule has 140 valence electrons. The van der Waals surface area contributed by atoms with E-state index in [4.69, 9.17) is 14.2 Å². The average Bonchev–Trinajstić information content (AvgIpc) is 3.46. The molecule has 4 heterocycles. The lowest BCUT2D eigenvalue weighted by atomic mass is 9.77. The van der Waals surface area contributed by atoms with Gasteiger partial charge in [-0.3, -0.25) is 0 Å². The zero-order valence-corrected chi connectivity index (χ0v) is 15.6. The van der Waals surface area contributed by atoms with Crippen LogP contribution in [0.3, 0.4) is 0 Å². The minimum Gasteiger partial charge on any atom is -0.492 e. The van der Waals surface area contributed by atoms with Gasteiger partial charge in [-0.25, -0.2) is 0 Å². The smallest absolute Gasteiger partial charge is 0.161 e. The summed E-state index contributed by atoms with van der Waals surface area (Å²) in [5.41, 5.74) is 5.05. The van der Waals surface area contributed by atoms with Crippen LogP contribution in [0.1, 0.15) is 24.0 Å². The molecule has 1 spiro atoms. The predicted molar refractivity (Wildman–Crippen MR) is 104 cm³/mol. The topological polar surface area (TPSA) is 34.2 Å². The zero-order valence-electron chi connectivity index (χ0n) is 15.6. The second kappa shape index (κ2) is 5.55. The highest BCUT2D eigenvalue weighted by atomic mass is 16.5. The van der Waals surface area contributed by atoms with E-state index in [1.807, 2.05) is 0 Å². The lowest BCUT2D eigenvalue weighted by molar-refractivity contribution is 0.115. The van der Waals surface area contributed by atoms with Crippen LogP contribution in [-0.2, 0) is 10.2 Å². The van der Waals surface area contributed by atoms with Crippen LogP contribution in [0, 0.1) is 0 Å². The molecule has 5 nitrogen and oxygen atoms in total. The second-order valence-electron chi connectivity index (χ2n) is 8.19. The molecule has 0 bridgehead atoms. The summed E-state index contributed by atoms with van der Waals surface area (Å²) in [6, 6.07) is 13.2. The van der Waals surface area contributed by atoms with Gasteiger partial charge in [0.1, 0.15) is 18.1 Å². The van der Waals surface area contributed by atoms with E-state index in [1.54, 1.807) is 0 Å². The maximum atomic E-state index is 6.22. The number of para-hydroxylation sites is 1. The van der Waals surface area contributed by atoms with Crippen LogP contribution in [0.5, 0.6) is 11.5 Å². The molecule has 6 rings (SSSR count). The highest BCUT2D eigenvalue weighted by Gasteiger charge is 2.50. The van der Waals surface area contributed by atoms with Gasteiger partial charge >= 0.3 is 0 Å². The van der Waals surface area contributed by atoms with Crippen molar-refractivity contribution in [1.29, 1.82) is 0 Å². The molecule has 0 radical (unpaired) electrons. The Labute approximate surface area is 159 Å². The van der Waals surface area contributed by atoms with Gasteiger partial charge < -0.3 is 24.0 Å². The Morgan fingerprint density at radius 2 is 2.00 bits per heavy atom. The van der Waals surface area contributed by atoms with Crippen LogP contribution < -0.4 is 19.3 Å². The Balaban J connectivity index is 1.44. The van der Waals surface area contributed by atoms with E-state index < -0.39 is 0 Å². The van der Waals surface area contributed by atoms with Gasteiger partial charge in [0.2, 0.25) is 0 Å². The fourth-order valence-electron chi connectivity index (χ4n) is 5.17. The van der Waals surface area contributed by atoms with Gasteiger partial charge in [0.05, 0.1) is 17.2 Å². The second-order valence-corrected chi connectivity index (χ2v) is 8.19. The first kappa shape index (κ1) is 15.6. The number of nitrogens with zero attached hydrogens (tertiary/aromatic N) is 2. The molecule has 2 aromatic carbocycles. The predicted octanol–water partition coefficient (Wildman–Crippen LogP) is 3.15. The van der Waals surface area contributed by atoms with Gasteiger partial charge in [-0.1, -0.05) is 18.2 Å². The molecule has 2 aromatic rings. The quantitative estimate of drug-likeness (QED) is 0.818. The first-order valence-corrected chi connectivity index (χ1v) is 9.86. The van der Waals surface area contributed by atoms with Gasteiger partial charge in [-0.15, -0.1) is 0 Å². The van der Waals surface area contributed by atoms with Crippen LogP contribution in [0.2, 0.25) is 0 Å². The SMILES string of the molecule is CN1COc2cc3c(cc21)C1(CO3)CN(C[C@H]2CCCO2)c2ccccc21. The van der Waals surface area contributed by atoms with Crippen LogP contribution in [0.15, 0.2) is 36.4 Å². The van der Waals surface area contributed by atoms with Crippen LogP contribution in [0.4, 0.5) is 11.4 Å². The number of fused-ring (bicyclic) bond motifs is 5. The fourth-order valence-corrected chi connectivity index (χ4v) is 5.17. The maximum Gasteiger partial charge on any atom is 0.161 e. The Morgan fingerprint density at radius 1 is 1.07 bits per heavy atom. The van der Waals surface area contributed by atoms with E-state index in [-0.39, 0.29) is 5.41 Å². The fraction of sp³-hybridized carbons (Fsp3) is 0.455. The molecule has 0 aromatic heterocycles. The van der Waals surface area contributed by atoms with Crippen molar-refractivity contribution in [2.45, 2.75) is 24.4 Å². The highest BCUT2D eigenvalue weighted by Crippen LogP contribution is 2.54. The largest absolute Gasteiger partial charge is 0.492 e. The van der Waals surface area contributed by atoms with E-state index >= 15 is 0 Å². The lowest BCUT2D eigenvalue weighted by Crippen LogP contribution is -2.39. The van der Waals surface area contributed by atoms with Gasteiger partial charge in [-0.2, -0.15) is 0 Å². The molecule has 1 saturated heterocycles.